The van der Waals surface area contributed by atoms with Gasteiger partial charge in [-0.3, -0.25) is 14.5 Å². The van der Waals surface area contributed by atoms with Gasteiger partial charge in [-0.2, -0.15) is 0 Å². The van der Waals surface area contributed by atoms with Gasteiger partial charge in [0, 0.05) is 12.7 Å². The Kier molecular flexibility index (Phi) is 6.89. The lowest BCUT2D eigenvalue weighted by atomic mass is 10.1. The molecule has 0 bridgehead atoms. The summed E-state index contributed by atoms with van der Waals surface area (Å²) >= 11 is 0. The van der Waals surface area contributed by atoms with Gasteiger partial charge < -0.3 is 19.5 Å². The third-order valence-electron chi connectivity index (χ3n) is 4.30. The lowest BCUT2D eigenvalue weighted by Gasteiger charge is -2.27. The molecule has 2 aromatic rings. The molecule has 8 heteroatoms. The molecular formula is C21H25N3O5. The van der Waals surface area contributed by atoms with Crippen LogP contribution in [-0.4, -0.2) is 49.7 Å². The minimum Gasteiger partial charge on any atom is -0.490 e. The number of pyridine rings is 1. The predicted molar refractivity (Wildman–Crippen MR) is 108 cm³/mol. The number of rotatable bonds is 9. The quantitative estimate of drug-likeness (QED) is 0.693. The highest BCUT2D eigenvalue weighted by Crippen LogP contribution is 2.29. The average molecular weight is 399 g/mol. The number of benzene rings is 1. The molecule has 0 saturated heterocycles. The van der Waals surface area contributed by atoms with Gasteiger partial charge in [-0.25, -0.2) is 4.98 Å². The van der Waals surface area contributed by atoms with Crippen molar-refractivity contribution in [3.63, 3.8) is 0 Å². The van der Waals surface area contributed by atoms with E-state index in [9.17, 15) is 9.59 Å². The number of amides is 2. The summed E-state index contributed by atoms with van der Waals surface area (Å²) in [5, 5.41) is 2.85. The van der Waals surface area contributed by atoms with Gasteiger partial charge in [-0.15, -0.1) is 0 Å². The van der Waals surface area contributed by atoms with E-state index in [1.54, 1.807) is 18.3 Å². The Morgan fingerprint density at radius 3 is 2.79 bits per heavy atom. The van der Waals surface area contributed by atoms with E-state index in [1.807, 2.05) is 32.0 Å². The first kappa shape index (κ1) is 20.4. The fourth-order valence-corrected chi connectivity index (χ4v) is 2.99. The lowest BCUT2D eigenvalue weighted by Crippen LogP contribution is -2.45. The smallest absolute Gasteiger partial charge is 0.266 e. The monoisotopic (exact) mass is 399 g/mol. The van der Waals surface area contributed by atoms with Gasteiger partial charge in [0.25, 0.3) is 5.91 Å². The predicted octanol–water partition coefficient (Wildman–Crippen LogP) is 1.96. The molecule has 1 aliphatic heterocycles. The Bertz CT molecular complexity index is 871. The summed E-state index contributed by atoms with van der Waals surface area (Å²) < 4.78 is 16.5. The molecule has 1 aromatic carbocycles. The molecule has 0 aliphatic carbocycles. The molecular weight excluding hydrogens is 374 g/mol. The number of aromatic nitrogens is 1. The maximum atomic E-state index is 12.3. The summed E-state index contributed by atoms with van der Waals surface area (Å²) in [6, 6.07) is 9.19. The fourth-order valence-electron chi connectivity index (χ4n) is 2.99. The molecule has 0 unspecified atom stereocenters. The summed E-state index contributed by atoms with van der Waals surface area (Å²) in [7, 11) is 0. The summed E-state index contributed by atoms with van der Waals surface area (Å²) in [5.41, 5.74) is 1.02. The standard InChI is InChI=1S/C21H25N3O5/c1-3-27-16-8-7-15(12-18(16)28-4-2)9-11-22-19(25)13-24-20(26)14-29-17-6-5-10-23-21(17)24/h5-8,10,12H,3-4,9,11,13-14H2,1-2H3,(H,22,25). The Hall–Kier alpha value is -3.29. The Labute approximate surface area is 169 Å². The van der Waals surface area contributed by atoms with Crippen molar-refractivity contribution in [2.75, 3.05) is 37.8 Å². The van der Waals surface area contributed by atoms with Crippen LogP contribution in [0.15, 0.2) is 36.5 Å². The van der Waals surface area contributed by atoms with Crippen molar-refractivity contribution in [2.45, 2.75) is 20.3 Å². The van der Waals surface area contributed by atoms with Crippen molar-refractivity contribution < 1.29 is 23.8 Å². The molecule has 0 fully saturated rings. The molecule has 0 radical (unpaired) electrons. The van der Waals surface area contributed by atoms with Crippen molar-refractivity contribution in [1.29, 1.82) is 0 Å². The number of nitrogens with zero attached hydrogens (tertiary/aromatic N) is 2. The molecule has 1 aliphatic rings. The van der Waals surface area contributed by atoms with Gasteiger partial charge in [-0.1, -0.05) is 6.07 Å². The lowest BCUT2D eigenvalue weighted by molar-refractivity contribution is -0.125. The van der Waals surface area contributed by atoms with Crippen LogP contribution in [0.4, 0.5) is 5.82 Å². The molecule has 29 heavy (non-hydrogen) atoms. The van der Waals surface area contributed by atoms with Crippen molar-refractivity contribution in [3.8, 4) is 17.2 Å². The molecule has 0 saturated carbocycles. The minimum atomic E-state index is -0.292. The van der Waals surface area contributed by atoms with Crippen molar-refractivity contribution in [1.82, 2.24) is 10.3 Å². The number of carbonyl (C=O) groups is 2. The van der Waals surface area contributed by atoms with Gasteiger partial charge in [0.05, 0.1) is 13.2 Å². The van der Waals surface area contributed by atoms with E-state index in [1.165, 1.54) is 4.90 Å². The first-order chi connectivity index (χ1) is 14.1. The summed E-state index contributed by atoms with van der Waals surface area (Å²) in [6.45, 7) is 5.19. The fraction of sp³-hybridized carbons (Fsp3) is 0.381. The third kappa shape index (κ3) is 5.16. The molecule has 154 valence electrons. The number of fused-ring (bicyclic) bond motifs is 1. The van der Waals surface area contributed by atoms with Crippen LogP contribution in [0.5, 0.6) is 17.2 Å². The largest absolute Gasteiger partial charge is 0.490 e. The van der Waals surface area contributed by atoms with Gasteiger partial charge in [0.2, 0.25) is 5.91 Å². The summed E-state index contributed by atoms with van der Waals surface area (Å²) in [5.74, 6) is 1.72. The molecule has 0 spiro atoms. The zero-order chi connectivity index (χ0) is 20.6. The number of anilines is 1. The first-order valence-corrected chi connectivity index (χ1v) is 9.65. The van der Waals surface area contributed by atoms with Crippen LogP contribution in [0.1, 0.15) is 19.4 Å². The molecule has 3 rings (SSSR count). The van der Waals surface area contributed by atoms with Gasteiger partial charge in [0.1, 0.15) is 6.54 Å². The summed E-state index contributed by atoms with van der Waals surface area (Å²) in [6.07, 6.45) is 2.19. The molecule has 0 atom stereocenters. The number of hydrogen-bond acceptors (Lipinski definition) is 6. The Morgan fingerprint density at radius 2 is 2.00 bits per heavy atom. The Balaban J connectivity index is 1.55. The SMILES string of the molecule is CCOc1ccc(CCNC(=O)CN2C(=O)COc3cccnc32)cc1OCC. The van der Waals surface area contributed by atoms with Crippen LogP contribution in [-0.2, 0) is 16.0 Å². The van der Waals surface area contributed by atoms with Crippen molar-refractivity contribution in [3.05, 3.63) is 42.1 Å². The van der Waals surface area contributed by atoms with Crippen LogP contribution in [0, 0.1) is 0 Å². The number of hydrogen-bond donors (Lipinski definition) is 1. The van der Waals surface area contributed by atoms with E-state index in [2.05, 4.69) is 10.3 Å². The highest BCUT2D eigenvalue weighted by Gasteiger charge is 2.28. The second-order valence-electron chi connectivity index (χ2n) is 6.34. The van der Waals surface area contributed by atoms with Crippen LogP contribution in [0.25, 0.3) is 0 Å². The van der Waals surface area contributed by atoms with Crippen LogP contribution < -0.4 is 24.4 Å². The average Bonchev–Trinajstić information content (AvgIpc) is 2.72. The van der Waals surface area contributed by atoms with Crippen molar-refractivity contribution in [2.24, 2.45) is 0 Å². The number of nitrogens with one attached hydrogen (secondary N) is 1. The second-order valence-corrected chi connectivity index (χ2v) is 6.34. The Morgan fingerprint density at radius 1 is 1.21 bits per heavy atom. The van der Waals surface area contributed by atoms with Crippen molar-refractivity contribution >= 4 is 17.6 Å². The van der Waals surface area contributed by atoms with E-state index in [0.717, 1.165) is 5.56 Å². The van der Waals surface area contributed by atoms with Gasteiger partial charge >= 0.3 is 0 Å². The maximum absolute atomic E-state index is 12.3. The third-order valence-corrected chi connectivity index (χ3v) is 4.30. The van der Waals surface area contributed by atoms with Gasteiger partial charge in [0.15, 0.2) is 29.7 Å². The second kappa shape index (κ2) is 9.77. The number of ether oxygens (including phenoxy) is 3. The highest BCUT2D eigenvalue weighted by molar-refractivity contribution is 6.01. The molecule has 2 heterocycles. The van der Waals surface area contributed by atoms with Gasteiger partial charge in [-0.05, 0) is 50.1 Å². The van der Waals surface area contributed by atoms with E-state index >= 15 is 0 Å². The van der Waals surface area contributed by atoms with E-state index in [4.69, 9.17) is 14.2 Å². The maximum Gasteiger partial charge on any atom is 0.266 e. The highest BCUT2D eigenvalue weighted by atomic mass is 16.5. The normalized spacial score (nSPS) is 12.8. The topological polar surface area (TPSA) is 90.0 Å². The zero-order valence-corrected chi connectivity index (χ0v) is 16.6. The van der Waals surface area contributed by atoms with Crippen LogP contribution >= 0.6 is 0 Å². The summed E-state index contributed by atoms with van der Waals surface area (Å²) in [4.78, 5) is 30.0. The van der Waals surface area contributed by atoms with E-state index in [-0.39, 0.29) is 25.0 Å². The number of carbonyl (C=O) groups excluding carboxylic acids is 2. The molecule has 2 amide bonds. The molecule has 1 N–H and O–H groups in total. The van der Waals surface area contributed by atoms with E-state index in [0.29, 0.717) is 49.2 Å². The van der Waals surface area contributed by atoms with Crippen LogP contribution in [0.2, 0.25) is 0 Å². The van der Waals surface area contributed by atoms with Crippen LogP contribution in [0.3, 0.4) is 0 Å². The first-order valence-electron chi connectivity index (χ1n) is 9.65. The molecule has 1 aromatic heterocycles. The molecule has 8 nitrogen and oxygen atoms in total. The van der Waals surface area contributed by atoms with E-state index < -0.39 is 0 Å². The minimum absolute atomic E-state index is 0.0975. The zero-order valence-electron chi connectivity index (χ0n) is 16.6.